The fourth-order valence-electron chi connectivity index (χ4n) is 1.57. The van der Waals surface area contributed by atoms with Crippen LogP contribution in [0.2, 0.25) is 0 Å². The lowest BCUT2D eigenvalue weighted by molar-refractivity contribution is 0.0494. The molecule has 0 saturated heterocycles. The minimum Gasteiger partial charge on any atom is -0.444 e. The van der Waals surface area contributed by atoms with E-state index in [2.05, 4.69) is 24.5 Å². The molecular formula is C13H28N2O3. The van der Waals surface area contributed by atoms with Gasteiger partial charge in [-0.15, -0.1) is 0 Å². The molecule has 0 aromatic heterocycles. The number of hydrogen-bond donors (Lipinski definition) is 2. The van der Waals surface area contributed by atoms with Gasteiger partial charge in [0.2, 0.25) is 0 Å². The van der Waals surface area contributed by atoms with Crippen molar-refractivity contribution in [1.29, 1.82) is 0 Å². The van der Waals surface area contributed by atoms with Crippen molar-refractivity contribution in [2.75, 3.05) is 20.4 Å². The van der Waals surface area contributed by atoms with Crippen molar-refractivity contribution in [3.05, 3.63) is 0 Å². The highest BCUT2D eigenvalue weighted by Crippen LogP contribution is 2.09. The summed E-state index contributed by atoms with van der Waals surface area (Å²) >= 11 is 0. The monoisotopic (exact) mass is 260 g/mol. The highest BCUT2D eigenvalue weighted by molar-refractivity contribution is 5.68. The van der Waals surface area contributed by atoms with Crippen LogP contribution < -0.4 is 10.6 Å². The van der Waals surface area contributed by atoms with Crippen LogP contribution in [0.4, 0.5) is 4.79 Å². The predicted octanol–water partition coefficient (Wildman–Crippen LogP) is 2.12. The van der Waals surface area contributed by atoms with Crippen LogP contribution in [0, 0.1) is 5.92 Å². The Morgan fingerprint density at radius 1 is 1.28 bits per heavy atom. The first-order valence-corrected chi connectivity index (χ1v) is 6.43. The van der Waals surface area contributed by atoms with Gasteiger partial charge in [0, 0.05) is 19.7 Å². The van der Waals surface area contributed by atoms with Crippen molar-refractivity contribution in [1.82, 2.24) is 10.6 Å². The molecule has 1 atom stereocenters. The smallest absolute Gasteiger partial charge is 0.407 e. The second-order valence-corrected chi connectivity index (χ2v) is 5.86. The van der Waals surface area contributed by atoms with Gasteiger partial charge in [0.25, 0.3) is 0 Å². The summed E-state index contributed by atoms with van der Waals surface area (Å²) in [6.45, 7) is 11.0. The molecule has 18 heavy (non-hydrogen) atoms. The van der Waals surface area contributed by atoms with E-state index >= 15 is 0 Å². The molecule has 0 aliphatic rings. The van der Waals surface area contributed by atoms with Gasteiger partial charge in [0.15, 0.2) is 0 Å². The van der Waals surface area contributed by atoms with Crippen molar-refractivity contribution >= 4 is 6.09 Å². The van der Waals surface area contributed by atoms with Crippen LogP contribution in [0.1, 0.15) is 41.0 Å². The van der Waals surface area contributed by atoms with Gasteiger partial charge in [-0.3, -0.25) is 5.32 Å². The Labute approximate surface area is 111 Å². The van der Waals surface area contributed by atoms with E-state index in [9.17, 15) is 4.79 Å². The first-order chi connectivity index (χ1) is 8.24. The molecule has 1 amide bonds. The number of ether oxygens (including phenoxy) is 2. The minimum absolute atomic E-state index is 0.0509. The Morgan fingerprint density at radius 2 is 1.89 bits per heavy atom. The van der Waals surface area contributed by atoms with E-state index in [4.69, 9.17) is 9.47 Å². The maximum absolute atomic E-state index is 11.7. The number of carbonyl (C=O) groups is 1. The highest BCUT2D eigenvalue weighted by Gasteiger charge is 2.19. The van der Waals surface area contributed by atoms with Crippen LogP contribution in [0.15, 0.2) is 0 Å². The van der Waals surface area contributed by atoms with Gasteiger partial charge < -0.3 is 14.8 Å². The van der Waals surface area contributed by atoms with Gasteiger partial charge in [-0.1, -0.05) is 13.8 Å². The number of methoxy groups -OCH3 is 1. The Hall–Kier alpha value is -0.810. The largest absolute Gasteiger partial charge is 0.444 e. The maximum Gasteiger partial charge on any atom is 0.407 e. The number of carbonyl (C=O) groups excluding carboxylic acids is 1. The standard InChI is InChI=1S/C13H28N2O3/c1-10(2)7-11(8-14-9-17-6)15-12(16)18-13(3,4)5/h10-11,14H,7-9H2,1-6H3,(H,15,16)/t11-/m0/s1. The summed E-state index contributed by atoms with van der Waals surface area (Å²) in [5, 5.41) is 6.00. The molecule has 0 bridgehead atoms. The van der Waals surface area contributed by atoms with Gasteiger partial charge in [-0.25, -0.2) is 4.79 Å². The van der Waals surface area contributed by atoms with Crippen LogP contribution >= 0.6 is 0 Å². The molecule has 0 fully saturated rings. The van der Waals surface area contributed by atoms with Crippen LogP contribution in [0.5, 0.6) is 0 Å². The zero-order valence-corrected chi connectivity index (χ0v) is 12.5. The SMILES string of the molecule is COCNC[C@H](CC(C)C)NC(=O)OC(C)(C)C. The third-order valence-corrected chi connectivity index (χ3v) is 2.11. The molecule has 5 heteroatoms. The van der Waals surface area contributed by atoms with Crippen molar-refractivity contribution in [2.24, 2.45) is 5.92 Å². The van der Waals surface area contributed by atoms with E-state index in [1.165, 1.54) is 0 Å². The second kappa shape index (κ2) is 8.32. The van der Waals surface area contributed by atoms with E-state index in [-0.39, 0.29) is 12.1 Å². The summed E-state index contributed by atoms with van der Waals surface area (Å²) in [5.74, 6) is 0.509. The first kappa shape index (κ1) is 17.2. The zero-order chi connectivity index (χ0) is 14.2. The Bertz CT molecular complexity index is 237. The lowest BCUT2D eigenvalue weighted by atomic mass is 10.0. The molecular weight excluding hydrogens is 232 g/mol. The van der Waals surface area contributed by atoms with Gasteiger partial charge >= 0.3 is 6.09 Å². The Morgan fingerprint density at radius 3 is 2.33 bits per heavy atom. The molecule has 0 heterocycles. The van der Waals surface area contributed by atoms with Gasteiger partial charge in [-0.05, 0) is 33.1 Å². The molecule has 0 spiro atoms. The van der Waals surface area contributed by atoms with Crippen molar-refractivity contribution in [3.8, 4) is 0 Å². The molecule has 0 aliphatic heterocycles. The van der Waals surface area contributed by atoms with E-state index in [1.54, 1.807) is 7.11 Å². The molecule has 0 aromatic rings. The van der Waals surface area contributed by atoms with E-state index in [0.29, 0.717) is 19.2 Å². The molecule has 0 unspecified atom stereocenters. The highest BCUT2D eigenvalue weighted by atomic mass is 16.6. The van der Waals surface area contributed by atoms with Gasteiger partial charge in [0.05, 0.1) is 6.73 Å². The average Bonchev–Trinajstić information content (AvgIpc) is 2.13. The number of rotatable bonds is 7. The van der Waals surface area contributed by atoms with E-state index in [1.807, 2.05) is 20.8 Å². The van der Waals surface area contributed by atoms with Crippen molar-refractivity contribution < 1.29 is 14.3 Å². The summed E-state index contributed by atoms with van der Waals surface area (Å²) in [7, 11) is 1.63. The normalized spacial score (nSPS) is 13.5. The van der Waals surface area contributed by atoms with Crippen molar-refractivity contribution in [2.45, 2.75) is 52.7 Å². The maximum atomic E-state index is 11.7. The summed E-state index contributed by atoms with van der Waals surface area (Å²) in [4.78, 5) is 11.7. The van der Waals surface area contributed by atoms with Crippen LogP contribution in [0.3, 0.4) is 0 Å². The van der Waals surface area contributed by atoms with Crippen LogP contribution in [-0.2, 0) is 9.47 Å². The molecule has 0 saturated carbocycles. The fraction of sp³-hybridized carbons (Fsp3) is 0.923. The predicted molar refractivity (Wildman–Crippen MR) is 72.5 cm³/mol. The summed E-state index contributed by atoms with van der Waals surface area (Å²) < 4.78 is 10.2. The quantitative estimate of drug-likeness (QED) is 0.544. The second-order valence-electron chi connectivity index (χ2n) is 5.86. The van der Waals surface area contributed by atoms with Crippen molar-refractivity contribution in [3.63, 3.8) is 0 Å². The topological polar surface area (TPSA) is 59.6 Å². The van der Waals surface area contributed by atoms with Crippen LogP contribution in [-0.4, -0.2) is 38.1 Å². The zero-order valence-electron chi connectivity index (χ0n) is 12.5. The van der Waals surface area contributed by atoms with E-state index < -0.39 is 5.60 Å². The fourth-order valence-corrected chi connectivity index (χ4v) is 1.57. The Balaban J connectivity index is 4.17. The Kier molecular flexibility index (Phi) is 7.95. The number of alkyl carbamates (subject to hydrolysis) is 1. The van der Waals surface area contributed by atoms with Gasteiger partial charge in [-0.2, -0.15) is 0 Å². The molecule has 0 radical (unpaired) electrons. The molecule has 0 aromatic carbocycles. The summed E-state index contributed by atoms with van der Waals surface area (Å²) in [6.07, 6.45) is 0.531. The number of nitrogens with one attached hydrogen (secondary N) is 2. The minimum atomic E-state index is -0.466. The van der Waals surface area contributed by atoms with Crippen LogP contribution in [0.25, 0.3) is 0 Å². The third kappa shape index (κ3) is 10.4. The number of hydrogen-bond acceptors (Lipinski definition) is 4. The molecule has 5 nitrogen and oxygen atoms in total. The summed E-state index contributed by atoms with van der Waals surface area (Å²) in [5.41, 5.74) is -0.466. The van der Waals surface area contributed by atoms with Gasteiger partial charge in [0.1, 0.15) is 5.60 Å². The van der Waals surface area contributed by atoms with E-state index in [0.717, 1.165) is 6.42 Å². The average molecular weight is 260 g/mol. The lowest BCUT2D eigenvalue weighted by Crippen LogP contribution is -2.45. The molecule has 0 rings (SSSR count). The third-order valence-electron chi connectivity index (χ3n) is 2.11. The molecule has 108 valence electrons. The first-order valence-electron chi connectivity index (χ1n) is 6.43. The molecule has 2 N–H and O–H groups in total. The lowest BCUT2D eigenvalue weighted by Gasteiger charge is -2.24. The molecule has 0 aliphatic carbocycles. The summed E-state index contributed by atoms with van der Waals surface area (Å²) in [6, 6.07) is 0.0509. The number of amides is 1.